The summed E-state index contributed by atoms with van der Waals surface area (Å²) in [6.07, 6.45) is 0. The first-order valence-corrected chi connectivity index (χ1v) is 4.41. The number of halogens is 2. The van der Waals surface area contributed by atoms with Crippen LogP contribution in [0.3, 0.4) is 0 Å². The van der Waals surface area contributed by atoms with Gasteiger partial charge in [0.15, 0.2) is 5.78 Å². The molecule has 1 aromatic carbocycles. The number of anilines is 2. The van der Waals surface area contributed by atoms with Crippen LogP contribution in [-0.4, -0.2) is 11.7 Å². The maximum Gasteiger partial charge on any atom is 0.179 e. The van der Waals surface area contributed by atoms with E-state index in [2.05, 4.69) is 0 Å². The number of nitrogen functional groups attached to an aromatic ring is 2. The Labute approximate surface area is 85.6 Å². The third kappa shape index (κ3) is 2.05. The number of carbonyl (C=O) groups excluding carboxylic acids is 1. The Kier molecular flexibility index (Phi) is 3.01. The molecular weight excluding hydrogens is 211 g/mol. The molecule has 1 aromatic rings. The van der Waals surface area contributed by atoms with Crippen LogP contribution in [0.5, 0.6) is 0 Å². The monoisotopic (exact) mass is 218 g/mol. The molecule has 0 bridgehead atoms. The highest BCUT2D eigenvalue weighted by Gasteiger charge is 2.10. The Hall–Kier alpha value is -0.930. The van der Waals surface area contributed by atoms with Gasteiger partial charge < -0.3 is 11.5 Å². The maximum atomic E-state index is 11.2. The molecule has 0 saturated carbocycles. The minimum Gasteiger partial charge on any atom is -0.398 e. The molecule has 0 aliphatic heterocycles. The van der Waals surface area contributed by atoms with Gasteiger partial charge in [0.1, 0.15) is 0 Å². The summed E-state index contributed by atoms with van der Waals surface area (Å²) in [7, 11) is 0. The second-order valence-electron chi connectivity index (χ2n) is 2.52. The SMILES string of the molecule is Nc1cc(C(=O)CCl)c(N)cc1Cl. The van der Waals surface area contributed by atoms with Crippen molar-refractivity contribution in [2.24, 2.45) is 0 Å². The molecule has 0 aliphatic rings. The van der Waals surface area contributed by atoms with Crippen LogP contribution in [0.1, 0.15) is 10.4 Å². The third-order valence-electron chi connectivity index (χ3n) is 1.59. The molecule has 0 spiro atoms. The van der Waals surface area contributed by atoms with Gasteiger partial charge in [-0.25, -0.2) is 0 Å². The number of Topliss-reactive ketones (excluding diaryl/α,β-unsaturated/α-hetero) is 1. The summed E-state index contributed by atoms with van der Waals surface area (Å²) < 4.78 is 0. The fourth-order valence-corrected chi connectivity index (χ4v) is 1.23. The number of rotatable bonds is 2. The van der Waals surface area contributed by atoms with Crippen LogP contribution in [-0.2, 0) is 0 Å². The standard InChI is InChI=1S/C8H8Cl2N2O/c9-3-8(13)4-1-7(12)5(10)2-6(4)11/h1-2H,3,11-12H2. The Balaban J connectivity index is 3.23. The van der Waals surface area contributed by atoms with E-state index >= 15 is 0 Å². The highest BCUT2D eigenvalue weighted by Crippen LogP contribution is 2.25. The van der Waals surface area contributed by atoms with Crippen molar-refractivity contribution in [3.05, 3.63) is 22.7 Å². The summed E-state index contributed by atoms with van der Waals surface area (Å²) in [6, 6.07) is 2.87. The van der Waals surface area contributed by atoms with E-state index in [1.807, 2.05) is 0 Å². The quantitative estimate of drug-likeness (QED) is 0.453. The highest BCUT2D eigenvalue weighted by molar-refractivity contribution is 6.34. The molecule has 5 heteroatoms. The predicted octanol–water partition coefficient (Wildman–Crippen LogP) is 1.93. The molecule has 0 atom stereocenters. The van der Waals surface area contributed by atoms with E-state index in [-0.39, 0.29) is 11.7 Å². The van der Waals surface area contributed by atoms with E-state index in [1.165, 1.54) is 12.1 Å². The summed E-state index contributed by atoms with van der Waals surface area (Å²) >= 11 is 11.1. The summed E-state index contributed by atoms with van der Waals surface area (Å²) in [6.45, 7) is 0. The molecule has 70 valence electrons. The fraction of sp³-hybridized carbons (Fsp3) is 0.125. The van der Waals surface area contributed by atoms with Gasteiger partial charge in [-0.15, -0.1) is 11.6 Å². The summed E-state index contributed by atoms with van der Waals surface area (Å²) in [5.41, 5.74) is 12.0. The van der Waals surface area contributed by atoms with Gasteiger partial charge in [0, 0.05) is 11.3 Å². The maximum absolute atomic E-state index is 11.2. The Morgan fingerprint density at radius 3 is 2.46 bits per heavy atom. The van der Waals surface area contributed by atoms with E-state index < -0.39 is 0 Å². The van der Waals surface area contributed by atoms with Gasteiger partial charge in [-0.05, 0) is 12.1 Å². The van der Waals surface area contributed by atoms with Gasteiger partial charge >= 0.3 is 0 Å². The zero-order chi connectivity index (χ0) is 10.0. The lowest BCUT2D eigenvalue weighted by Crippen LogP contribution is -2.06. The van der Waals surface area contributed by atoms with Gasteiger partial charge in [0.2, 0.25) is 0 Å². The summed E-state index contributed by atoms with van der Waals surface area (Å²) in [4.78, 5) is 11.2. The van der Waals surface area contributed by atoms with E-state index in [1.54, 1.807) is 0 Å². The minimum absolute atomic E-state index is 0.120. The van der Waals surface area contributed by atoms with Gasteiger partial charge in [-0.3, -0.25) is 4.79 Å². The van der Waals surface area contributed by atoms with Crippen molar-refractivity contribution in [1.82, 2.24) is 0 Å². The number of carbonyl (C=O) groups is 1. The van der Waals surface area contributed by atoms with E-state index in [9.17, 15) is 4.79 Å². The molecule has 3 nitrogen and oxygen atoms in total. The molecular formula is C8H8Cl2N2O. The average Bonchev–Trinajstić information content (AvgIpc) is 2.10. The summed E-state index contributed by atoms with van der Waals surface area (Å²) in [5.74, 6) is -0.381. The number of benzene rings is 1. The lowest BCUT2D eigenvalue weighted by atomic mass is 10.1. The van der Waals surface area contributed by atoms with E-state index in [0.29, 0.717) is 22.0 Å². The molecule has 0 radical (unpaired) electrons. The van der Waals surface area contributed by atoms with Gasteiger partial charge in [-0.1, -0.05) is 11.6 Å². The normalized spacial score (nSPS) is 10.0. The first-order valence-electron chi connectivity index (χ1n) is 3.50. The Morgan fingerprint density at radius 1 is 1.31 bits per heavy atom. The van der Waals surface area contributed by atoms with Crippen molar-refractivity contribution in [3.63, 3.8) is 0 Å². The molecule has 0 aromatic heterocycles. The van der Waals surface area contributed by atoms with Gasteiger partial charge in [0.25, 0.3) is 0 Å². The first kappa shape index (κ1) is 10.2. The third-order valence-corrected chi connectivity index (χ3v) is 2.16. The Morgan fingerprint density at radius 2 is 1.92 bits per heavy atom. The topological polar surface area (TPSA) is 69.1 Å². The molecule has 0 fully saturated rings. The molecule has 0 unspecified atom stereocenters. The molecule has 0 amide bonds. The Bertz CT molecular complexity index is 352. The number of ketones is 1. The van der Waals surface area contributed by atoms with Crippen LogP contribution < -0.4 is 11.5 Å². The molecule has 0 heterocycles. The predicted molar refractivity (Wildman–Crippen MR) is 55.3 cm³/mol. The number of alkyl halides is 1. The van der Waals surface area contributed by atoms with Crippen molar-refractivity contribution < 1.29 is 4.79 Å². The zero-order valence-electron chi connectivity index (χ0n) is 6.68. The van der Waals surface area contributed by atoms with Crippen molar-refractivity contribution in [2.75, 3.05) is 17.3 Å². The largest absolute Gasteiger partial charge is 0.398 e. The molecule has 1 rings (SSSR count). The van der Waals surface area contributed by atoms with Crippen LogP contribution in [0.15, 0.2) is 12.1 Å². The van der Waals surface area contributed by atoms with Crippen LogP contribution >= 0.6 is 23.2 Å². The van der Waals surface area contributed by atoms with Crippen LogP contribution in [0, 0.1) is 0 Å². The summed E-state index contributed by atoms with van der Waals surface area (Å²) in [5, 5.41) is 0.337. The molecule has 0 saturated heterocycles. The number of hydrogen-bond acceptors (Lipinski definition) is 3. The van der Waals surface area contributed by atoms with Gasteiger partial charge in [-0.2, -0.15) is 0 Å². The average molecular weight is 219 g/mol. The number of hydrogen-bond donors (Lipinski definition) is 2. The molecule has 13 heavy (non-hydrogen) atoms. The van der Waals surface area contributed by atoms with Crippen LogP contribution in [0.2, 0.25) is 5.02 Å². The fourth-order valence-electron chi connectivity index (χ4n) is 0.919. The first-order chi connectivity index (χ1) is 6.06. The highest BCUT2D eigenvalue weighted by atomic mass is 35.5. The van der Waals surface area contributed by atoms with Gasteiger partial charge in [0.05, 0.1) is 16.6 Å². The lowest BCUT2D eigenvalue weighted by Gasteiger charge is -2.05. The van der Waals surface area contributed by atoms with Crippen molar-refractivity contribution in [1.29, 1.82) is 0 Å². The number of nitrogens with two attached hydrogens (primary N) is 2. The van der Waals surface area contributed by atoms with Crippen molar-refractivity contribution in [3.8, 4) is 0 Å². The van der Waals surface area contributed by atoms with Crippen molar-refractivity contribution in [2.45, 2.75) is 0 Å². The lowest BCUT2D eigenvalue weighted by molar-refractivity contribution is 0.102. The minimum atomic E-state index is -0.262. The zero-order valence-corrected chi connectivity index (χ0v) is 8.19. The molecule has 4 N–H and O–H groups in total. The van der Waals surface area contributed by atoms with E-state index in [0.717, 1.165) is 0 Å². The second-order valence-corrected chi connectivity index (χ2v) is 3.19. The van der Waals surface area contributed by atoms with Crippen LogP contribution in [0.25, 0.3) is 0 Å². The van der Waals surface area contributed by atoms with Crippen LogP contribution in [0.4, 0.5) is 11.4 Å². The second kappa shape index (κ2) is 3.85. The van der Waals surface area contributed by atoms with Crippen molar-refractivity contribution >= 4 is 40.4 Å². The van der Waals surface area contributed by atoms with E-state index in [4.69, 9.17) is 34.7 Å². The molecule has 0 aliphatic carbocycles. The smallest absolute Gasteiger partial charge is 0.179 e.